The van der Waals surface area contributed by atoms with Gasteiger partial charge in [0.2, 0.25) is 0 Å². The van der Waals surface area contributed by atoms with Gasteiger partial charge in [0.05, 0.1) is 5.56 Å². The van der Waals surface area contributed by atoms with Gasteiger partial charge < -0.3 is 9.47 Å². The van der Waals surface area contributed by atoms with Crippen LogP contribution in [-0.2, 0) is 0 Å². The smallest absolute Gasteiger partial charge is 0.395 e. The van der Waals surface area contributed by atoms with E-state index in [1.165, 1.54) is 6.07 Å². The highest BCUT2D eigenvalue weighted by atomic mass is 16.7. The second-order valence-electron chi connectivity index (χ2n) is 5.65. The fourth-order valence-corrected chi connectivity index (χ4v) is 2.89. The summed E-state index contributed by atoms with van der Waals surface area (Å²) in [4.78, 5) is 37.5. The molecule has 0 heterocycles. The maximum absolute atomic E-state index is 12.8. The summed E-state index contributed by atoms with van der Waals surface area (Å²) in [6, 6.07) is 19.6. The predicted octanol–water partition coefficient (Wildman–Crippen LogP) is 4.04. The van der Waals surface area contributed by atoms with Crippen LogP contribution >= 0.6 is 0 Å². The zero-order valence-corrected chi connectivity index (χ0v) is 13.5. The average Bonchev–Trinajstić information content (AvgIpc) is 2.67. The van der Waals surface area contributed by atoms with Gasteiger partial charge in [-0.3, -0.25) is 9.59 Å². The van der Waals surface area contributed by atoms with Crippen LogP contribution < -0.4 is 9.47 Å². The van der Waals surface area contributed by atoms with Crippen molar-refractivity contribution >= 4 is 17.7 Å². The predicted molar refractivity (Wildman–Crippen MR) is 92.8 cm³/mol. The van der Waals surface area contributed by atoms with Gasteiger partial charge in [-0.25, -0.2) is 4.79 Å². The molecule has 0 aromatic heterocycles. The lowest BCUT2D eigenvalue weighted by atomic mass is 9.84. The van der Waals surface area contributed by atoms with Gasteiger partial charge in [-0.05, 0) is 18.2 Å². The first-order chi connectivity index (χ1) is 12.6. The van der Waals surface area contributed by atoms with Crippen LogP contribution in [0.3, 0.4) is 0 Å². The first kappa shape index (κ1) is 15.8. The standard InChI is InChI=1S/C21H12O5/c22-19-14-9-4-5-10-15(14)20(23)18-16(19)11-6-12-17(18)26-21(24)25-13-7-2-1-3-8-13/h1-12H. The number of carbonyl (C=O) groups is 3. The Morgan fingerprint density at radius 1 is 0.615 bits per heavy atom. The molecule has 0 atom stereocenters. The van der Waals surface area contributed by atoms with E-state index in [0.29, 0.717) is 11.3 Å². The molecule has 1 aliphatic carbocycles. The summed E-state index contributed by atoms with van der Waals surface area (Å²) in [5.74, 6) is -0.332. The maximum Gasteiger partial charge on any atom is 0.519 e. The summed E-state index contributed by atoms with van der Waals surface area (Å²) in [5, 5.41) is 0. The Balaban J connectivity index is 1.69. The molecule has 0 saturated carbocycles. The average molecular weight is 344 g/mol. The molecule has 3 aromatic rings. The topological polar surface area (TPSA) is 69.7 Å². The van der Waals surface area contributed by atoms with E-state index in [2.05, 4.69) is 0 Å². The van der Waals surface area contributed by atoms with Crippen molar-refractivity contribution in [3.8, 4) is 11.5 Å². The number of fused-ring (bicyclic) bond motifs is 2. The van der Waals surface area contributed by atoms with Crippen molar-refractivity contribution in [2.75, 3.05) is 0 Å². The highest BCUT2D eigenvalue weighted by Crippen LogP contribution is 2.33. The van der Waals surface area contributed by atoms with Gasteiger partial charge >= 0.3 is 6.16 Å². The number of carbonyl (C=O) groups excluding carboxylic acids is 3. The molecule has 0 radical (unpaired) electrons. The second-order valence-corrected chi connectivity index (χ2v) is 5.65. The number of para-hydroxylation sites is 1. The van der Waals surface area contributed by atoms with Crippen LogP contribution in [0.15, 0.2) is 72.8 Å². The molecule has 0 unspecified atom stereocenters. The third-order valence-corrected chi connectivity index (χ3v) is 4.05. The van der Waals surface area contributed by atoms with E-state index in [1.807, 2.05) is 0 Å². The van der Waals surface area contributed by atoms with E-state index in [1.54, 1.807) is 66.7 Å². The molecule has 0 saturated heterocycles. The molecule has 0 spiro atoms. The summed E-state index contributed by atoms with van der Waals surface area (Å²) >= 11 is 0. The zero-order chi connectivity index (χ0) is 18.1. The molecule has 1 aliphatic rings. The van der Waals surface area contributed by atoms with E-state index in [9.17, 15) is 14.4 Å². The van der Waals surface area contributed by atoms with E-state index >= 15 is 0 Å². The molecule has 0 amide bonds. The Bertz CT molecular complexity index is 1040. The molecule has 5 nitrogen and oxygen atoms in total. The van der Waals surface area contributed by atoms with Crippen LogP contribution in [-0.4, -0.2) is 17.7 Å². The first-order valence-electron chi connectivity index (χ1n) is 7.91. The maximum atomic E-state index is 12.8. The van der Waals surface area contributed by atoms with Crippen molar-refractivity contribution < 1.29 is 23.9 Å². The molecule has 0 fully saturated rings. The van der Waals surface area contributed by atoms with Gasteiger partial charge in [-0.2, -0.15) is 0 Å². The molecule has 0 aliphatic heterocycles. The Labute approximate surface area is 148 Å². The lowest BCUT2D eigenvalue weighted by molar-refractivity contribution is 0.0974. The summed E-state index contributed by atoms with van der Waals surface area (Å²) < 4.78 is 10.3. The molecule has 3 aromatic carbocycles. The molecular formula is C21H12O5. The second kappa shape index (κ2) is 6.29. The zero-order valence-electron chi connectivity index (χ0n) is 13.5. The summed E-state index contributed by atoms with van der Waals surface area (Å²) in [6.45, 7) is 0. The third-order valence-electron chi connectivity index (χ3n) is 4.05. The third kappa shape index (κ3) is 2.65. The van der Waals surface area contributed by atoms with Crippen LogP contribution in [0.5, 0.6) is 11.5 Å². The minimum absolute atomic E-state index is 0.00344. The monoisotopic (exact) mass is 344 g/mol. The van der Waals surface area contributed by atoms with Gasteiger partial charge in [-0.1, -0.05) is 54.6 Å². The molecular weight excluding hydrogens is 332 g/mol. The van der Waals surface area contributed by atoms with E-state index < -0.39 is 6.16 Å². The molecule has 0 N–H and O–H groups in total. The van der Waals surface area contributed by atoms with Crippen molar-refractivity contribution in [3.05, 3.63) is 95.1 Å². The number of hydrogen-bond acceptors (Lipinski definition) is 5. The quantitative estimate of drug-likeness (QED) is 0.405. The number of ether oxygens (including phenoxy) is 2. The Morgan fingerprint density at radius 3 is 1.96 bits per heavy atom. The van der Waals surface area contributed by atoms with Gasteiger partial charge in [0.15, 0.2) is 11.6 Å². The summed E-state index contributed by atoms with van der Waals surface area (Å²) in [6.07, 6.45) is -0.983. The van der Waals surface area contributed by atoms with Crippen LogP contribution in [0, 0.1) is 0 Å². The van der Waals surface area contributed by atoms with Crippen molar-refractivity contribution in [3.63, 3.8) is 0 Å². The lowest BCUT2D eigenvalue weighted by Gasteiger charge is -2.19. The molecule has 26 heavy (non-hydrogen) atoms. The van der Waals surface area contributed by atoms with Crippen molar-refractivity contribution in [2.45, 2.75) is 0 Å². The minimum atomic E-state index is -0.983. The normalized spacial score (nSPS) is 12.2. The number of ketones is 2. The molecule has 5 heteroatoms. The number of hydrogen-bond donors (Lipinski definition) is 0. The van der Waals surface area contributed by atoms with Crippen molar-refractivity contribution in [1.29, 1.82) is 0 Å². The lowest BCUT2D eigenvalue weighted by Crippen LogP contribution is -2.23. The van der Waals surface area contributed by atoms with Gasteiger partial charge in [0, 0.05) is 16.7 Å². The first-order valence-corrected chi connectivity index (χ1v) is 7.91. The Kier molecular flexibility index (Phi) is 3.82. The number of rotatable bonds is 2. The van der Waals surface area contributed by atoms with E-state index in [-0.39, 0.29) is 34.0 Å². The molecule has 126 valence electrons. The van der Waals surface area contributed by atoms with Gasteiger partial charge in [-0.15, -0.1) is 0 Å². The highest BCUT2D eigenvalue weighted by molar-refractivity contribution is 6.29. The molecule has 0 bridgehead atoms. The Morgan fingerprint density at radius 2 is 1.23 bits per heavy atom. The van der Waals surface area contributed by atoms with Crippen LogP contribution in [0.4, 0.5) is 4.79 Å². The SMILES string of the molecule is O=C(Oc1ccccc1)Oc1cccc2c1C(=O)c1ccccc1C2=O. The van der Waals surface area contributed by atoms with Gasteiger partial charge in [0.1, 0.15) is 11.5 Å². The van der Waals surface area contributed by atoms with Gasteiger partial charge in [0.25, 0.3) is 0 Å². The fourth-order valence-electron chi connectivity index (χ4n) is 2.89. The van der Waals surface area contributed by atoms with Crippen LogP contribution in [0.1, 0.15) is 31.8 Å². The van der Waals surface area contributed by atoms with Crippen LogP contribution in [0.2, 0.25) is 0 Å². The summed E-state index contributed by atoms with van der Waals surface area (Å²) in [5.41, 5.74) is 0.909. The van der Waals surface area contributed by atoms with Crippen molar-refractivity contribution in [2.24, 2.45) is 0 Å². The van der Waals surface area contributed by atoms with E-state index in [0.717, 1.165) is 0 Å². The van der Waals surface area contributed by atoms with Crippen LogP contribution in [0.25, 0.3) is 0 Å². The number of benzene rings is 3. The fraction of sp³-hybridized carbons (Fsp3) is 0. The largest absolute Gasteiger partial charge is 0.519 e. The Hall–Kier alpha value is -3.73. The highest BCUT2D eigenvalue weighted by Gasteiger charge is 2.32. The molecule has 4 rings (SSSR count). The van der Waals surface area contributed by atoms with Crippen molar-refractivity contribution in [1.82, 2.24) is 0 Å². The summed E-state index contributed by atoms with van der Waals surface area (Å²) in [7, 11) is 0. The minimum Gasteiger partial charge on any atom is -0.395 e. The van der Waals surface area contributed by atoms with E-state index in [4.69, 9.17) is 9.47 Å².